The molecule has 0 aromatic carbocycles. The lowest BCUT2D eigenvalue weighted by Crippen LogP contribution is -2.58. The van der Waals surface area contributed by atoms with Gasteiger partial charge in [-0.15, -0.1) is 0 Å². The lowest BCUT2D eigenvalue weighted by Gasteiger charge is -2.48. The highest BCUT2D eigenvalue weighted by molar-refractivity contribution is 5.77. The van der Waals surface area contributed by atoms with E-state index in [-0.39, 0.29) is 5.91 Å². The van der Waals surface area contributed by atoms with Crippen LogP contribution in [0.2, 0.25) is 0 Å². The number of ether oxygens (including phenoxy) is 1. The molecule has 3 heterocycles. The van der Waals surface area contributed by atoms with Crippen molar-refractivity contribution in [3.05, 3.63) is 12.4 Å². The van der Waals surface area contributed by atoms with Crippen molar-refractivity contribution in [1.29, 1.82) is 0 Å². The summed E-state index contributed by atoms with van der Waals surface area (Å²) in [4.78, 5) is 26.3. The highest BCUT2D eigenvalue weighted by Gasteiger charge is 2.48. The van der Waals surface area contributed by atoms with Crippen LogP contribution in [0.15, 0.2) is 12.4 Å². The average Bonchev–Trinajstić information content (AvgIpc) is 2.90. The number of nitrogens with zero attached hydrogens (tertiary/aromatic N) is 5. The molecule has 2 aliphatic heterocycles. The van der Waals surface area contributed by atoms with Crippen molar-refractivity contribution in [2.45, 2.75) is 6.42 Å². The van der Waals surface area contributed by atoms with Gasteiger partial charge in [-0.1, -0.05) is 0 Å². The minimum Gasteiger partial charge on any atom is -0.481 e. The van der Waals surface area contributed by atoms with Crippen molar-refractivity contribution in [2.75, 3.05) is 58.8 Å². The normalized spacial score (nSPS) is 20.0. The van der Waals surface area contributed by atoms with Crippen LogP contribution < -0.4 is 9.64 Å². The van der Waals surface area contributed by atoms with Crippen molar-refractivity contribution >= 4 is 11.7 Å². The number of likely N-dealkylation sites (N-methyl/N-ethyl adjacent to an activating group) is 1. The molecule has 0 bridgehead atoms. The predicted molar refractivity (Wildman–Crippen MR) is 83.0 cm³/mol. The number of carbonyl (C=O) groups excluding carboxylic acids is 1. The summed E-state index contributed by atoms with van der Waals surface area (Å²) >= 11 is 0. The SMILES string of the molecule is COc1cc(N2CC3(CCN(CC(=O)N(C)C)C3)C2)ncn1. The maximum atomic E-state index is 11.8. The molecule has 1 amide bonds. The van der Waals surface area contributed by atoms with E-state index in [1.165, 1.54) is 6.33 Å². The highest BCUT2D eigenvalue weighted by atomic mass is 16.5. The zero-order valence-corrected chi connectivity index (χ0v) is 13.4. The summed E-state index contributed by atoms with van der Waals surface area (Å²) in [6.45, 7) is 4.49. The molecule has 0 atom stereocenters. The van der Waals surface area contributed by atoms with Crippen LogP contribution in [-0.2, 0) is 4.79 Å². The third-order valence-electron chi connectivity index (χ3n) is 4.59. The largest absolute Gasteiger partial charge is 0.481 e. The number of hydrogen-bond donors (Lipinski definition) is 0. The lowest BCUT2D eigenvalue weighted by atomic mass is 9.79. The molecule has 3 rings (SSSR count). The summed E-state index contributed by atoms with van der Waals surface area (Å²) < 4.78 is 5.15. The minimum atomic E-state index is 0.175. The van der Waals surface area contributed by atoms with Crippen LogP contribution in [0.25, 0.3) is 0 Å². The van der Waals surface area contributed by atoms with Gasteiger partial charge in [0.1, 0.15) is 12.1 Å². The molecule has 1 spiro atoms. The number of likely N-dealkylation sites (tertiary alicyclic amines) is 1. The summed E-state index contributed by atoms with van der Waals surface area (Å²) in [5.41, 5.74) is 0.310. The van der Waals surface area contributed by atoms with Gasteiger partial charge in [-0.2, -0.15) is 0 Å². The average molecular weight is 305 g/mol. The first-order chi connectivity index (χ1) is 10.5. The first-order valence-electron chi connectivity index (χ1n) is 7.55. The Kier molecular flexibility index (Phi) is 3.90. The molecule has 2 fully saturated rings. The van der Waals surface area contributed by atoms with E-state index in [1.54, 1.807) is 12.0 Å². The Morgan fingerprint density at radius 3 is 2.82 bits per heavy atom. The van der Waals surface area contributed by atoms with Crippen LogP contribution in [0, 0.1) is 5.41 Å². The third-order valence-corrected chi connectivity index (χ3v) is 4.59. The molecule has 7 nitrogen and oxygen atoms in total. The maximum absolute atomic E-state index is 11.8. The maximum Gasteiger partial charge on any atom is 0.236 e. The summed E-state index contributed by atoms with van der Waals surface area (Å²) in [5, 5.41) is 0. The van der Waals surface area contributed by atoms with Crippen molar-refractivity contribution in [3.63, 3.8) is 0 Å². The van der Waals surface area contributed by atoms with Gasteiger partial charge in [0, 0.05) is 45.2 Å². The second kappa shape index (κ2) is 5.72. The molecule has 2 aliphatic rings. The number of amides is 1. The molecular formula is C15H23N5O2. The Hall–Kier alpha value is -1.89. The van der Waals surface area contributed by atoms with Gasteiger partial charge in [-0.25, -0.2) is 9.97 Å². The molecule has 0 saturated carbocycles. The van der Waals surface area contributed by atoms with E-state index in [0.717, 1.165) is 38.4 Å². The van der Waals surface area contributed by atoms with Gasteiger partial charge in [-0.05, 0) is 13.0 Å². The van der Waals surface area contributed by atoms with E-state index in [1.807, 2.05) is 20.2 Å². The fourth-order valence-corrected chi connectivity index (χ4v) is 3.29. The molecule has 22 heavy (non-hydrogen) atoms. The van der Waals surface area contributed by atoms with Gasteiger partial charge in [0.05, 0.1) is 13.7 Å². The Morgan fingerprint density at radius 1 is 1.36 bits per heavy atom. The predicted octanol–water partition coefficient (Wildman–Crippen LogP) is 0.0855. The van der Waals surface area contributed by atoms with Crippen molar-refractivity contribution in [3.8, 4) is 5.88 Å². The van der Waals surface area contributed by atoms with Crippen LogP contribution in [-0.4, -0.2) is 79.6 Å². The second-order valence-corrected chi connectivity index (χ2v) is 6.52. The van der Waals surface area contributed by atoms with E-state index >= 15 is 0 Å². The fourth-order valence-electron chi connectivity index (χ4n) is 3.29. The van der Waals surface area contributed by atoms with Crippen LogP contribution in [0.3, 0.4) is 0 Å². The second-order valence-electron chi connectivity index (χ2n) is 6.52. The van der Waals surface area contributed by atoms with Gasteiger partial charge in [-0.3, -0.25) is 9.69 Å². The molecule has 1 aromatic heterocycles. The molecule has 0 radical (unpaired) electrons. The number of hydrogen-bond acceptors (Lipinski definition) is 6. The quantitative estimate of drug-likeness (QED) is 0.785. The van der Waals surface area contributed by atoms with E-state index in [2.05, 4.69) is 19.8 Å². The van der Waals surface area contributed by atoms with Crippen LogP contribution in [0.4, 0.5) is 5.82 Å². The molecule has 0 aliphatic carbocycles. The molecule has 2 saturated heterocycles. The third kappa shape index (κ3) is 2.85. The first-order valence-corrected chi connectivity index (χ1v) is 7.55. The number of aromatic nitrogens is 2. The molecular weight excluding hydrogens is 282 g/mol. The van der Waals surface area contributed by atoms with Gasteiger partial charge >= 0.3 is 0 Å². The van der Waals surface area contributed by atoms with E-state index in [9.17, 15) is 4.79 Å². The number of anilines is 1. The summed E-state index contributed by atoms with van der Waals surface area (Å²) in [6, 6.07) is 1.87. The zero-order chi connectivity index (χ0) is 15.7. The summed E-state index contributed by atoms with van der Waals surface area (Å²) in [5.74, 6) is 1.68. The molecule has 1 aromatic rings. The molecule has 0 unspecified atom stereocenters. The van der Waals surface area contributed by atoms with Gasteiger partial charge < -0.3 is 14.5 Å². The van der Waals surface area contributed by atoms with Gasteiger partial charge in [0.2, 0.25) is 11.8 Å². The Bertz CT molecular complexity index is 557. The summed E-state index contributed by atoms with van der Waals surface area (Å²) in [6.07, 6.45) is 2.68. The Labute approximate surface area is 130 Å². The number of methoxy groups -OCH3 is 1. The highest BCUT2D eigenvalue weighted by Crippen LogP contribution is 2.41. The Morgan fingerprint density at radius 2 is 2.14 bits per heavy atom. The fraction of sp³-hybridized carbons (Fsp3) is 0.667. The van der Waals surface area contributed by atoms with E-state index in [0.29, 0.717) is 17.8 Å². The number of carbonyl (C=O) groups is 1. The molecule has 120 valence electrons. The van der Waals surface area contributed by atoms with E-state index in [4.69, 9.17) is 4.74 Å². The zero-order valence-electron chi connectivity index (χ0n) is 13.4. The van der Waals surface area contributed by atoms with E-state index < -0.39 is 0 Å². The first kappa shape index (κ1) is 15.0. The monoisotopic (exact) mass is 305 g/mol. The van der Waals surface area contributed by atoms with Crippen molar-refractivity contribution in [1.82, 2.24) is 19.8 Å². The van der Waals surface area contributed by atoms with Gasteiger partial charge in [0.15, 0.2) is 0 Å². The Balaban J connectivity index is 1.55. The molecule has 7 heteroatoms. The van der Waals surface area contributed by atoms with Crippen LogP contribution in [0.1, 0.15) is 6.42 Å². The minimum absolute atomic E-state index is 0.175. The van der Waals surface area contributed by atoms with Gasteiger partial charge in [0.25, 0.3) is 0 Å². The van der Waals surface area contributed by atoms with Crippen LogP contribution >= 0.6 is 0 Å². The number of rotatable bonds is 4. The molecule has 0 N–H and O–H groups in total. The smallest absolute Gasteiger partial charge is 0.236 e. The van der Waals surface area contributed by atoms with Crippen LogP contribution in [0.5, 0.6) is 5.88 Å². The summed E-state index contributed by atoms with van der Waals surface area (Å²) in [7, 11) is 5.23. The van der Waals surface area contributed by atoms with Crippen molar-refractivity contribution < 1.29 is 9.53 Å². The topological polar surface area (TPSA) is 61.8 Å². The van der Waals surface area contributed by atoms with Crippen molar-refractivity contribution in [2.24, 2.45) is 5.41 Å². The standard InChI is InChI=1S/C15H23N5O2/c1-18(2)14(21)7-19-5-4-15(8-19)9-20(10-15)12-6-13(22-3)17-11-16-12/h6,11H,4-5,7-10H2,1-3H3. The lowest BCUT2D eigenvalue weighted by molar-refractivity contribution is -0.129.